The van der Waals surface area contributed by atoms with Crippen molar-refractivity contribution in [3.63, 3.8) is 0 Å². The molecule has 0 spiro atoms. The maximum absolute atomic E-state index is 12.5. The van der Waals surface area contributed by atoms with Gasteiger partial charge in [0.05, 0.1) is 11.6 Å². The number of piperidine rings is 1. The van der Waals surface area contributed by atoms with Crippen molar-refractivity contribution in [1.82, 2.24) is 10.6 Å². The number of nitrogens with one attached hydrogen (secondary N) is 2. The Labute approximate surface area is 164 Å². The van der Waals surface area contributed by atoms with Crippen molar-refractivity contribution in [2.45, 2.75) is 12.8 Å². The summed E-state index contributed by atoms with van der Waals surface area (Å²) in [6.45, 7) is 3.09. The highest BCUT2D eigenvalue weighted by Crippen LogP contribution is 2.30. The summed E-state index contributed by atoms with van der Waals surface area (Å²) in [5, 5.41) is 6.94. The van der Waals surface area contributed by atoms with Crippen molar-refractivity contribution in [3.8, 4) is 11.3 Å². The molecule has 1 amide bonds. The van der Waals surface area contributed by atoms with Crippen LogP contribution in [0, 0.1) is 5.41 Å². The molecule has 0 bridgehead atoms. The SMILES string of the molecule is COCC1(CNC(=O)c2ccc(-c3ccccc3Cl)o2)CCNCC1.Cl. The number of hydrogen-bond acceptors (Lipinski definition) is 4. The van der Waals surface area contributed by atoms with Gasteiger partial charge in [-0.3, -0.25) is 4.79 Å². The molecule has 1 aromatic carbocycles. The first-order valence-electron chi connectivity index (χ1n) is 8.46. The third kappa shape index (κ3) is 4.80. The number of carbonyl (C=O) groups excluding carboxylic acids is 1. The molecule has 0 unspecified atom stereocenters. The Morgan fingerprint density at radius 1 is 1.27 bits per heavy atom. The van der Waals surface area contributed by atoms with Gasteiger partial charge in [-0.15, -0.1) is 12.4 Å². The minimum Gasteiger partial charge on any atom is -0.451 e. The van der Waals surface area contributed by atoms with Gasteiger partial charge in [0.25, 0.3) is 5.91 Å². The van der Waals surface area contributed by atoms with Gasteiger partial charge in [-0.1, -0.05) is 23.7 Å². The van der Waals surface area contributed by atoms with Crippen LogP contribution in [-0.2, 0) is 4.74 Å². The zero-order chi connectivity index (χ0) is 17.7. The van der Waals surface area contributed by atoms with Gasteiger partial charge in [0.15, 0.2) is 5.76 Å². The summed E-state index contributed by atoms with van der Waals surface area (Å²) < 4.78 is 11.1. The van der Waals surface area contributed by atoms with E-state index >= 15 is 0 Å². The summed E-state index contributed by atoms with van der Waals surface area (Å²) in [5.41, 5.74) is 0.755. The normalized spacial score (nSPS) is 15.9. The van der Waals surface area contributed by atoms with Crippen molar-refractivity contribution < 1.29 is 13.9 Å². The average Bonchev–Trinajstić information content (AvgIpc) is 3.11. The second-order valence-corrected chi connectivity index (χ2v) is 6.92. The van der Waals surface area contributed by atoms with Crippen molar-refractivity contribution in [3.05, 3.63) is 47.2 Å². The maximum Gasteiger partial charge on any atom is 0.287 e. The number of hydrogen-bond donors (Lipinski definition) is 2. The van der Waals surface area contributed by atoms with Crippen molar-refractivity contribution in [1.29, 1.82) is 0 Å². The lowest BCUT2D eigenvalue weighted by atomic mass is 9.79. The van der Waals surface area contributed by atoms with Crippen molar-refractivity contribution >= 4 is 29.9 Å². The molecule has 7 heteroatoms. The van der Waals surface area contributed by atoms with Crippen LogP contribution in [-0.4, -0.2) is 39.3 Å². The van der Waals surface area contributed by atoms with Crippen LogP contribution >= 0.6 is 24.0 Å². The monoisotopic (exact) mass is 398 g/mol. The van der Waals surface area contributed by atoms with Gasteiger partial charge in [0.2, 0.25) is 0 Å². The van der Waals surface area contributed by atoms with E-state index in [1.54, 1.807) is 25.3 Å². The molecule has 1 saturated heterocycles. The predicted octanol–water partition coefficient (Wildman–Crippen LogP) is 3.77. The van der Waals surface area contributed by atoms with E-state index in [1.165, 1.54) is 0 Å². The maximum atomic E-state index is 12.5. The second kappa shape index (κ2) is 9.42. The first-order chi connectivity index (χ1) is 12.1. The number of amides is 1. The van der Waals surface area contributed by atoms with E-state index in [9.17, 15) is 4.79 Å². The summed E-state index contributed by atoms with van der Waals surface area (Å²) in [6, 6.07) is 10.9. The standard InChI is InChI=1S/C19H23ClN2O3.ClH/c1-24-13-19(8-10-21-11-9-19)12-22-18(23)17-7-6-16(25-17)14-4-2-3-5-15(14)20;/h2-7,21H,8-13H2,1H3,(H,22,23);1H. The van der Waals surface area contributed by atoms with Gasteiger partial charge < -0.3 is 19.8 Å². The number of ether oxygens (including phenoxy) is 1. The van der Waals surface area contributed by atoms with Crippen LogP contribution in [0.4, 0.5) is 0 Å². The number of furan rings is 1. The van der Waals surface area contributed by atoms with E-state index in [0.717, 1.165) is 31.5 Å². The van der Waals surface area contributed by atoms with Gasteiger partial charge in [0.1, 0.15) is 5.76 Å². The fourth-order valence-electron chi connectivity index (χ4n) is 3.26. The number of methoxy groups -OCH3 is 1. The molecule has 2 N–H and O–H groups in total. The molecule has 26 heavy (non-hydrogen) atoms. The van der Waals surface area contributed by atoms with Gasteiger partial charge in [-0.25, -0.2) is 0 Å². The Hall–Kier alpha value is -1.53. The van der Waals surface area contributed by atoms with Gasteiger partial charge >= 0.3 is 0 Å². The van der Waals surface area contributed by atoms with Gasteiger partial charge in [0, 0.05) is 24.6 Å². The lowest BCUT2D eigenvalue weighted by Gasteiger charge is -2.37. The molecule has 1 fully saturated rings. The summed E-state index contributed by atoms with van der Waals surface area (Å²) in [4.78, 5) is 12.5. The molecule has 2 aromatic rings. The fraction of sp³-hybridized carbons (Fsp3) is 0.421. The minimum absolute atomic E-state index is 0. The largest absolute Gasteiger partial charge is 0.451 e. The van der Waals surface area contributed by atoms with E-state index < -0.39 is 0 Å². The molecule has 0 atom stereocenters. The molecule has 5 nitrogen and oxygen atoms in total. The predicted molar refractivity (Wildman–Crippen MR) is 105 cm³/mol. The van der Waals surface area contributed by atoms with Gasteiger partial charge in [-0.2, -0.15) is 0 Å². The molecule has 0 aliphatic carbocycles. The summed E-state index contributed by atoms with van der Waals surface area (Å²) in [5.74, 6) is 0.660. The molecular formula is C19H24Cl2N2O3. The average molecular weight is 399 g/mol. The number of rotatable bonds is 6. The number of carbonyl (C=O) groups is 1. The fourth-order valence-corrected chi connectivity index (χ4v) is 3.48. The topological polar surface area (TPSA) is 63.5 Å². The molecule has 3 rings (SSSR count). The van der Waals surface area contributed by atoms with Crippen LogP contribution in [0.5, 0.6) is 0 Å². The molecular weight excluding hydrogens is 375 g/mol. The summed E-state index contributed by atoms with van der Waals surface area (Å²) in [6.07, 6.45) is 1.95. The molecule has 1 aromatic heterocycles. The lowest BCUT2D eigenvalue weighted by molar-refractivity contribution is 0.0506. The third-order valence-corrected chi connectivity index (χ3v) is 5.04. The van der Waals surface area contributed by atoms with E-state index in [-0.39, 0.29) is 29.5 Å². The number of halogens is 2. The first-order valence-corrected chi connectivity index (χ1v) is 8.84. The second-order valence-electron chi connectivity index (χ2n) is 6.51. The Morgan fingerprint density at radius 3 is 2.69 bits per heavy atom. The lowest BCUT2D eigenvalue weighted by Crippen LogP contribution is -2.47. The van der Waals surface area contributed by atoms with E-state index in [1.807, 2.05) is 18.2 Å². The Kier molecular flexibility index (Phi) is 7.53. The molecule has 0 saturated carbocycles. The highest BCUT2D eigenvalue weighted by atomic mass is 35.5. The van der Waals surface area contributed by atoms with Crippen LogP contribution in [0.25, 0.3) is 11.3 Å². The van der Waals surface area contributed by atoms with Crippen LogP contribution < -0.4 is 10.6 Å². The highest BCUT2D eigenvalue weighted by Gasteiger charge is 2.32. The molecule has 0 radical (unpaired) electrons. The Bertz CT molecular complexity index is 722. The third-order valence-electron chi connectivity index (χ3n) is 4.71. The quantitative estimate of drug-likeness (QED) is 0.777. The first kappa shape index (κ1) is 20.8. The zero-order valence-electron chi connectivity index (χ0n) is 14.7. The Balaban J connectivity index is 0.00000243. The summed E-state index contributed by atoms with van der Waals surface area (Å²) >= 11 is 6.18. The minimum atomic E-state index is -0.215. The van der Waals surface area contributed by atoms with E-state index in [4.69, 9.17) is 20.8 Å². The van der Waals surface area contributed by atoms with Crippen LogP contribution in [0.1, 0.15) is 23.4 Å². The Morgan fingerprint density at radius 2 is 2.00 bits per heavy atom. The molecule has 2 heterocycles. The van der Waals surface area contributed by atoms with Gasteiger partial charge in [-0.05, 0) is 50.2 Å². The van der Waals surface area contributed by atoms with E-state index in [0.29, 0.717) is 23.9 Å². The molecule has 1 aliphatic rings. The molecule has 1 aliphatic heterocycles. The summed E-state index contributed by atoms with van der Waals surface area (Å²) in [7, 11) is 1.70. The van der Waals surface area contributed by atoms with E-state index in [2.05, 4.69) is 10.6 Å². The van der Waals surface area contributed by atoms with Crippen molar-refractivity contribution in [2.24, 2.45) is 5.41 Å². The van der Waals surface area contributed by atoms with Crippen molar-refractivity contribution in [2.75, 3.05) is 33.4 Å². The molecule has 142 valence electrons. The highest BCUT2D eigenvalue weighted by molar-refractivity contribution is 6.33. The van der Waals surface area contributed by atoms with Crippen LogP contribution in [0.3, 0.4) is 0 Å². The zero-order valence-corrected chi connectivity index (χ0v) is 16.3. The number of benzene rings is 1. The smallest absolute Gasteiger partial charge is 0.287 e. The van der Waals surface area contributed by atoms with Crippen LogP contribution in [0.15, 0.2) is 40.8 Å². The van der Waals surface area contributed by atoms with Crippen LogP contribution in [0.2, 0.25) is 5.02 Å².